The second-order valence-electron chi connectivity index (χ2n) is 4.45. The highest BCUT2D eigenvalue weighted by atomic mass is 32.2. The van der Waals surface area contributed by atoms with Crippen LogP contribution in [0, 0.1) is 23.7 Å². The molecule has 0 N–H and O–H groups in total. The number of allylic oxidation sites excluding steroid dienone is 2. The minimum Gasteiger partial charge on any atom is -0.295 e. The quantitative estimate of drug-likeness (QED) is 0.609. The van der Waals surface area contributed by atoms with E-state index in [1.54, 1.807) is 17.8 Å². The average molecular weight is 280 g/mol. The molecule has 0 spiro atoms. The van der Waals surface area contributed by atoms with Gasteiger partial charge in [0, 0.05) is 17.6 Å². The molecule has 0 atom stereocenters. The molecule has 1 aliphatic rings. The monoisotopic (exact) mass is 280 g/mol. The molecule has 0 bridgehead atoms. The maximum Gasteiger partial charge on any atom is 0.156 e. The van der Waals surface area contributed by atoms with E-state index < -0.39 is 0 Å². The summed E-state index contributed by atoms with van der Waals surface area (Å²) in [5.74, 6) is 14.2. The molecule has 0 aliphatic heterocycles. The lowest BCUT2D eigenvalue weighted by Gasteiger charge is -2.04. The van der Waals surface area contributed by atoms with Gasteiger partial charge in [0.1, 0.15) is 0 Å². The van der Waals surface area contributed by atoms with Gasteiger partial charge in [-0.25, -0.2) is 0 Å². The Kier molecular flexibility index (Phi) is 6.03. The fourth-order valence-corrected chi connectivity index (χ4v) is 2.30. The van der Waals surface area contributed by atoms with Crippen LogP contribution < -0.4 is 0 Å². The van der Waals surface area contributed by atoms with E-state index in [-0.39, 0.29) is 5.78 Å². The van der Waals surface area contributed by atoms with Gasteiger partial charge in [-0.15, -0.1) is 11.8 Å². The van der Waals surface area contributed by atoms with Crippen LogP contribution in [0.4, 0.5) is 0 Å². The molecule has 1 aromatic rings. The molecule has 1 nitrogen and oxygen atoms in total. The van der Waals surface area contributed by atoms with E-state index >= 15 is 0 Å². The molecule has 1 aromatic carbocycles. The molecule has 0 saturated carbocycles. The van der Waals surface area contributed by atoms with E-state index in [9.17, 15) is 4.79 Å². The van der Waals surface area contributed by atoms with E-state index in [1.807, 2.05) is 30.3 Å². The Bertz CT molecular complexity index is 606. The van der Waals surface area contributed by atoms with Crippen molar-refractivity contribution in [2.75, 3.05) is 11.5 Å². The summed E-state index contributed by atoms with van der Waals surface area (Å²) in [7, 11) is 0. The Hall–Kier alpha value is -1.90. The molecule has 0 aromatic heterocycles. The van der Waals surface area contributed by atoms with Gasteiger partial charge in [0.25, 0.3) is 0 Å². The molecule has 0 amide bonds. The number of hydrogen-bond donors (Lipinski definition) is 0. The highest BCUT2D eigenvalue weighted by Gasteiger charge is 2.06. The van der Waals surface area contributed by atoms with Gasteiger partial charge in [0.05, 0.1) is 11.5 Å². The molecule has 100 valence electrons. The van der Waals surface area contributed by atoms with Gasteiger partial charge in [0.15, 0.2) is 5.78 Å². The van der Waals surface area contributed by atoms with Crippen LogP contribution in [0.15, 0.2) is 42.0 Å². The molecule has 1 aliphatic carbocycles. The third kappa shape index (κ3) is 5.39. The van der Waals surface area contributed by atoms with E-state index in [2.05, 4.69) is 23.7 Å². The number of carbonyl (C=O) groups excluding carboxylic acids is 1. The second kappa shape index (κ2) is 8.31. The lowest BCUT2D eigenvalue weighted by molar-refractivity contribution is -0.115. The summed E-state index contributed by atoms with van der Waals surface area (Å²) in [6.07, 6.45) is 4.25. The third-order valence-electron chi connectivity index (χ3n) is 2.81. The van der Waals surface area contributed by atoms with Crippen molar-refractivity contribution in [2.45, 2.75) is 19.3 Å². The highest BCUT2D eigenvalue weighted by molar-refractivity contribution is 7.99. The molecule has 20 heavy (non-hydrogen) atoms. The first-order chi connectivity index (χ1) is 9.84. The van der Waals surface area contributed by atoms with Gasteiger partial charge in [-0.3, -0.25) is 4.79 Å². The zero-order chi connectivity index (χ0) is 14.0. The van der Waals surface area contributed by atoms with Crippen LogP contribution in [-0.2, 0) is 4.79 Å². The van der Waals surface area contributed by atoms with Crippen molar-refractivity contribution in [1.29, 1.82) is 0 Å². The Labute approximate surface area is 124 Å². The molecular weight excluding hydrogens is 264 g/mol. The Morgan fingerprint density at radius 3 is 2.50 bits per heavy atom. The summed E-state index contributed by atoms with van der Waals surface area (Å²) in [5, 5.41) is 0. The molecular formula is C18H16OS. The van der Waals surface area contributed by atoms with Crippen LogP contribution in [-0.4, -0.2) is 17.3 Å². The van der Waals surface area contributed by atoms with Crippen molar-refractivity contribution >= 4 is 17.5 Å². The number of rotatable bonds is 2. The Morgan fingerprint density at radius 2 is 1.75 bits per heavy atom. The van der Waals surface area contributed by atoms with Crippen molar-refractivity contribution in [2.24, 2.45) is 0 Å². The van der Waals surface area contributed by atoms with Crippen LogP contribution >= 0.6 is 11.8 Å². The van der Waals surface area contributed by atoms with Gasteiger partial charge in [-0.2, -0.15) is 0 Å². The number of thioether (sulfide) groups is 1. The van der Waals surface area contributed by atoms with Crippen molar-refractivity contribution < 1.29 is 4.79 Å². The summed E-state index contributed by atoms with van der Waals surface area (Å²) in [6, 6.07) is 9.97. The molecule has 0 fully saturated rings. The van der Waals surface area contributed by atoms with Gasteiger partial charge >= 0.3 is 0 Å². The van der Waals surface area contributed by atoms with Crippen molar-refractivity contribution in [3.63, 3.8) is 0 Å². The van der Waals surface area contributed by atoms with E-state index in [0.29, 0.717) is 6.42 Å². The van der Waals surface area contributed by atoms with Crippen molar-refractivity contribution in [3.8, 4) is 23.7 Å². The Balaban J connectivity index is 1.70. The van der Waals surface area contributed by atoms with Crippen LogP contribution in [0.25, 0.3) is 0 Å². The smallest absolute Gasteiger partial charge is 0.156 e. The predicted octanol–water partition coefficient (Wildman–Crippen LogP) is 3.45. The SMILES string of the molecule is O=C1C=C(C#CCSCC#Cc2ccccc2)CCC1. The van der Waals surface area contributed by atoms with Crippen LogP contribution in [0.1, 0.15) is 24.8 Å². The Morgan fingerprint density at radius 1 is 1.00 bits per heavy atom. The average Bonchev–Trinajstić information content (AvgIpc) is 2.47. The first kappa shape index (κ1) is 14.5. The van der Waals surface area contributed by atoms with Crippen LogP contribution in [0.2, 0.25) is 0 Å². The fourth-order valence-electron chi connectivity index (χ4n) is 1.85. The zero-order valence-corrected chi connectivity index (χ0v) is 12.1. The van der Waals surface area contributed by atoms with E-state index in [0.717, 1.165) is 35.5 Å². The highest BCUT2D eigenvalue weighted by Crippen LogP contribution is 2.13. The third-order valence-corrected chi connectivity index (χ3v) is 3.51. The van der Waals surface area contributed by atoms with E-state index in [1.165, 1.54) is 0 Å². The maximum atomic E-state index is 11.2. The van der Waals surface area contributed by atoms with Gasteiger partial charge < -0.3 is 0 Å². The molecule has 0 saturated heterocycles. The minimum atomic E-state index is 0.210. The number of benzene rings is 1. The normalized spacial score (nSPS) is 13.6. The first-order valence-corrected chi connectivity index (χ1v) is 7.84. The maximum absolute atomic E-state index is 11.2. The summed E-state index contributed by atoms with van der Waals surface area (Å²) in [4.78, 5) is 11.2. The van der Waals surface area contributed by atoms with Crippen LogP contribution in [0.3, 0.4) is 0 Å². The number of hydrogen-bond acceptors (Lipinski definition) is 2. The lowest BCUT2D eigenvalue weighted by atomic mass is 9.99. The minimum absolute atomic E-state index is 0.210. The van der Waals surface area contributed by atoms with Crippen molar-refractivity contribution in [3.05, 3.63) is 47.5 Å². The topological polar surface area (TPSA) is 17.1 Å². The van der Waals surface area contributed by atoms with Gasteiger partial charge in [-0.05, 0) is 31.1 Å². The lowest BCUT2D eigenvalue weighted by Crippen LogP contribution is -2.01. The van der Waals surface area contributed by atoms with E-state index in [4.69, 9.17) is 0 Å². The molecule has 0 unspecified atom stereocenters. The van der Waals surface area contributed by atoms with Gasteiger partial charge in [0.2, 0.25) is 0 Å². The molecule has 0 heterocycles. The molecule has 2 rings (SSSR count). The summed E-state index contributed by atoms with van der Waals surface area (Å²) >= 11 is 1.70. The summed E-state index contributed by atoms with van der Waals surface area (Å²) < 4.78 is 0. The standard InChI is InChI=1S/C18H16OS/c19-18-12-4-9-17(15-18)11-6-14-20-13-5-10-16-7-2-1-3-8-16/h1-3,7-8,15H,4,9,12-14H2. The second-order valence-corrected chi connectivity index (χ2v) is 5.44. The molecule has 2 heteroatoms. The largest absolute Gasteiger partial charge is 0.295 e. The predicted molar refractivity (Wildman–Crippen MR) is 85.4 cm³/mol. The fraction of sp³-hybridized carbons (Fsp3) is 0.278. The summed E-state index contributed by atoms with van der Waals surface area (Å²) in [5.41, 5.74) is 2.03. The zero-order valence-electron chi connectivity index (χ0n) is 11.3. The van der Waals surface area contributed by atoms with Gasteiger partial charge in [-0.1, -0.05) is 41.9 Å². The molecule has 0 radical (unpaired) electrons. The van der Waals surface area contributed by atoms with Crippen molar-refractivity contribution in [1.82, 2.24) is 0 Å². The number of carbonyl (C=O) groups is 1. The first-order valence-electron chi connectivity index (χ1n) is 6.68. The summed E-state index contributed by atoms with van der Waals surface area (Å²) in [6.45, 7) is 0. The van der Waals surface area contributed by atoms with Crippen LogP contribution in [0.5, 0.6) is 0 Å². The number of ketones is 1.